The second-order valence-corrected chi connectivity index (χ2v) is 1.23. The molecule has 0 N–H and O–H groups in total. The molecule has 0 amide bonds. The smallest absolute Gasteiger partial charge is 0.211 e. The number of hydrogen-bond donors (Lipinski definition) is 1. The van der Waals surface area contributed by atoms with Crippen LogP contribution in [0.3, 0.4) is 0 Å². The second kappa shape index (κ2) is 4.92. The van der Waals surface area contributed by atoms with Crippen LogP contribution in [-0.2, 0) is 10.9 Å². The molecule has 0 unspecified atom stereocenters. The zero-order valence-corrected chi connectivity index (χ0v) is 6.36. The molecule has 0 bridgehead atoms. The molecule has 0 aromatic carbocycles. The van der Waals surface area contributed by atoms with Crippen molar-refractivity contribution >= 4 is 40.4 Å². The number of hydrogen-bond acceptors (Lipinski definition) is 2. The Hall–Kier alpha value is 0.770. The first-order chi connectivity index (χ1) is 2.64. The van der Waals surface area contributed by atoms with Gasteiger partial charge in [0.1, 0.15) is 4.75 Å². The van der Waals surface area contributed by atoms with Gasteiger partial charge in [-0.05, 0) is 0 Å². The van der Waals surface area contributed by atoms with Gasteiger partial charge in [0.05, 0.1) is 0 Å². The van der Waals surface area contributed by atoms with Gasteiger partial charge in [0.2, 0.25) is 0 Å². The van der Waals surface area contributed by atoms with Crippen LogP contribution >= 0.6 is 0 Å². The van der Waals surface area contributed by atoms with Crippen molar-refractivity contribution in [2.45, 2.75) is 0 Å². The fourth-order valence-corrected chi connectivity index (χ4v) is 0. The maximum absolute atomic E-state index is 10.4. The summed E-state index contributed by atoms with van der Waals surface area (Å²) in [6.07, 6.45) is 0. The van der Waals surface area contributed by atoms with Crippen LogP contribution in [0.15, 0.2) is 0 Å². The van der Waals surface area contributed by atoms with E-state index in [0.29, 0.717) is 0 Å². The predicted octanol–water partition coefficient (Wildman–Crippen LogP) is -0.797. The molecular formula is HF2NNaO2S. The molecule has 0 aliphatic carbocycles. The molecule has 0 spiro atoms. The van der Waals surface area contributed by atoms with Crippen molar-refractivity contribution in [3.63, 3.8) is 0 Å². The molecule has 3 nitrogen and oxygen atoms in total. The Kier molecular flexibility index (Phi) is 7.51. The van der Waals surface area contributed by atoms with Gasteiger partial charge in [0.25, 0.3) is 10.9 Å². The van der Waals surface area contributed by atoms with E-state index < -0.39 is 15.6 Å². The van der Waals surface area contributed by atoms with Crippen LogP contribution in [0.4, 0.5) is 8.96 Å². The largest absolute Gasteiger partial charge is 0.258 e. The number of thiol groups is 1. The Labute approximate surface area is 62.5 Å². The van der Waals surface area contributed by atoms with E-state index >= 15 is 0 Å². The first-order valence-corrected chi connectivity index (χ1v) is 2.03. The van der Waals surface area contributed by atoms with Crippen LogP contribution in [0.25, 0.3) is 0 Å². The topological polar surface area (TPSA) is 37.4 Å². The second-order valence-electron chi connectivity index (χ2n) is 0.453. The fourth-order valence-electron chi connectivity index (χ4n) is 0. The molecule has 7 heavy (non-hydrogen) atoms. The zero-order chi connectivity index (χ0) is 5.15. The molecule has 0 fully saturated rings. The third kappa shape index (κ3) is 6.77. The van der Waals surface area contributed by atoms with Crippen LogP contribution in [0, 0.1) is 0 Å². The Morgan fingerprint density at radius 3 is 1.43 bits per heavy atom. The van der Waals surface area contributed by atoms with Crippen molar-refractivity contribution in [1.29, 1.82) is 0 Å². The van der Waals surface area contributed by atoms with E-state index in [2.05, 4.69) is 0 Å². The van der Waals surface area contributed by atoms with E-state index in [-0.39, 0.29) is 29.6 Å². The van der Waals surface area contributed by atoms with Crippen molar-refractivity contribution in [2.24, 2.45) is 0 Å². The van der Waals surface area contributed by atoms with Crippen LogP contribution < -0.4 is 0 Å². The Morgan fingerprint density at radius 2 is 1.43 bits per heavy atom. The van der Waals surface area contributed by atoms with Gasteiger partial charge in [-0.15, -0.1) is 0 Å². The number of rotatable bonds is 1. The number of nitrogens with zero attached hydrogens (tertiary/aromatic N) is 1. The minimum Gasteiger partial charge on any atom is -0.211 e. The predicted molar refractivity (Wildman–Crippen MR) is 20.1 cm³/mol. The minimum absolute atomic E-state index is 0. The molecule has 0 saturated carbocycles. The summed E-state index contributed by atoms with van der Waals surface area (Å²) in [5, 5.41) is 0. The van der Waals surface area contributed by atoms with E-state index in [1.165, 1.54) is 0 Å². The molecule has 0 heterocycles. The quantitative estimate of drug-likeness (QED) is 0.294. The van der Waals surface area contributed by atoms with E-state index in [4.69, 9.17) is 8.42 Å². The molecular weight excluding hydrogens is 139 g/mol. The molecule has 0 aromatic heterocycles. The summed E-state index contributed by atoms with van der Waals surface area (Å²) in [6, 6.07) is 0. The van der Waals surface area contributed by atoms with E-state index in [0.717, 1.165) is 0 Å². The van der Waals surface area contributed by atoms with E-state index in [1.807, 2.05) is 0 Å². The van der Waals surface area contributed by atoms with Crippen molar-refractivity contribution in [2.75, 3.05) is 0 Å². The molecule has 39 valence electrons. The summed E-state index contributed by atoms with van der Waals surface area (Å²) in [5.74, 6) is 0. The Balaban J connectivity index is 0. The molecule has 7 heteroatoms. The summed E-state index contributed by atoms with van der Waals surface area (Å²) in [7, 11) is -3.66. The summed E-state index contributed by atoms with van der Waals surface area (Å²) < 4.78 is 36.7. The van der Waals surface area contributed by atoms with Gasteiger partial charge in [-0.2, -0.15) is 0 Å². The van der Waals surface area contributed by atoms with Gasteiger partial charge in [-0.25, -0.2) is 8.42 Å². The van der Waals surface area contributed by atoms with Gasteiger partial charge in [0.15, 0.2) is 0 Å². The molecule has 0 rings (SSSR count). The van der Waals surface area contributed by atoms with Crippen LogP contribution in [0.1, 0.15) is 0 Å². The monoisotopic (exact) mass is 140 g/mol. The van der Waals surface area contributed by atoms with Gasteiger partial charge in [-0.3, -0.25) is 0 Å². The maximum Gasteiger partial charge on any atom is 0.258 e. The number of halogens is 2. The Morgan fingerprint density at radius 1 is 1.29 bits per heavy atom. The third-order valence-corrected chi connectivity index (χ3v) is 0.370. The van der Waals surface area contributed by atoms with Crippen LogP contribution in [0.5, 0.6) is 0 Å². The van der Waals surface area contributed by atoms with Crippen LogP contribution in [-0.4, -0.2) is 42.7 Å². The van der Waals surface area contributed by atoms with Gasteiger partial charge < -0.3 is 0 Å². The average molecular weight is 140 g/mol. The first-order valence-electron chi connectivity index (χ1n) is 0.903. The van der Waals surface area contributed by atoms with Crippen molar-refractivity contribution in [3.05, 3.63) is 0 Å². The molecule has 0 saturated heterocycles. The summed E-state index contributed by atoms with van der Waals surface area (Å²) >= 11 is 0. The summed E-state index contributed by atoms with van der Waals surface area (Å²) in [5.41, 5.74) is 0. The average Bonchev–Trinajstić information content (AvgIpc) is 1.36. The molecule has 0 aliphatic rings. The van der Waals surface area contributed by atoms with Gasteiger partial charge in [0, 0.05) is 29.6 Å². The molecule has 0 aliphatic heterocycles. The summed E-state index contributed by atoms with van der Waals surface area (Å²) in [4.78, 5) is 0. The van der Waals surface area contributed by atoms with Gasteiger partial charge >= 0.3 is 0 Å². The normalized spacial score (nSPS) is 9.14. The molecule has 0 aromatic rings. The SMILES string of the molecule is O=[SH](=O)N(F)F.[Na]. The van der Waals surface area contributed by atoms with Crippen molar-refractivity contribution in [3.8, 4) is 0 Å². The van der Waals surface area contributed by atoms with Crippen LogP contribution in [0.2, 0.25) is 0 Å². The van der Waals surface area contributed by atoms with Crippen molar-refractivity contribution in [1.82, 2.24) is 4.75 Å². The fraction of sp³-hybridized carbons (Fsp3) is 0. The first kappa shape index (κ1) is 10.7. The van der Waals surface area contributed by atoms with E-state index in [1.54, 1.807) is 0 Å². The zero-order valence-electron chi connectivity index (χ0n) is 3.47. The maximum atomic E-state index is 10.4. The van der Waals surface area contributed by atoms with Gasteiger partial charge in [-0.1, -0.05) is 8.96 Å². The standard InChI is InChI=1S/F2HNO2S.Na/c1-3(2)6(4)5;/h6H;. The molecule has 1 radical (unpaired) electrons. The third-order valence-electron chi connectivity index (χ3n) is 0.123. The summed E-state index contributed by atoms with van der Waals surface area (Å²) in [6.45, 7) is 0. The Bertz CT molecular complexity index is 91.9. The minimum atomic E-state index is -3.66. The molecule has 0 atom stereocenters. The van der Waals surface area contributed by atoms with E-state index in [9.17, 15) is 8.96 Å². The van der Waals surface area contributed by atoms with Crippen molar-refractivity contribution < 1.29 is 17.4 Å².